The number of fused-ring (bicyclic) bond motifs is 1. The number of aromatic nitrogens is 1. The molecule has 2 nitrogen and oxygen atoms in total. The van der Waals surface area contributed by atoms with Crippen molar-refractivity contribution in [3.63, 3.8) is 0 Å². The fourth-order valence-corrected chi connectivity index (χ4v) is 1.41. The molecule has 2 N–H and O–H groups in total. The minimum Gasteiger partial charge on any atom is -0.398 e. The monoisotopic (exact) mass is 176 g/mol. The molecule has 0 unspecified atom stereocenters. The minimum atomic E-state index is -0.317. The molecule has 0 spiro atoms. The molecule has 0 amide bonds. The number of nitrogens with two attached hydrogens (primary N) is 1. The van der Waals surface area contributed by atoms with Gasteiger partial charge in [0.2, 0.25) is 0 Å². The zero-order chi connectivity index (χ0) is 9.42. The van der Waals surface area contributed by atoms with Gasteiger partial charge in [0, 0.05) is 11.4 Å². The van der Waals surface area contributed by atoms with Gasteiger partial charge in [-0.15, -0.1) is 0 Å². The Morgan fingerprint density at radius 3 is 2.92 bits per heavy atom. The van der Waals surface area contributed by atoms with Gasteiger partial charge in [0.05, 0.1) is 10.9 Å². The molecule has 1 aromatic carbocycles. The topological polar surface area (TPSA) is 38.9 Å². The van der Waals surface area contributed by atoms with E-state index in [0.29, 0.717) is 16.6 Å². The normalized spacial score (nSPS) is 10.6. The Bertz CT molecular complexity index is 466. The van der Waals surface area contributed by atoms with Crippen LogP contribution in [-0.4, -0.2) is 4.98 Å². The maximum atomic E-state index is 13.3. The molecule has 0 bridgehead atoms. The van der Waals surface area contributed by atoms with E-state index in [1.165, 1.54) is 6.07 Å². The molecule has 0 aliphatic heterocycles. The molecule has 0 saturated carbocycles. The van der Waals surface area contributed by atoms with Crippen LogP contribution in [0.3, 0.4) is 0 Å². The lowest BCUT2D eigenvalue weighted by atomic mass is 10.1. The average molecular weight is 176 g/mol. The number of pyridine rings is 1. The molecule has 1 heterocycles. The molecule has 0 radical (unpaired) electrons. The third-order valence-corrected chi connectivity index (χ3v) is 1.94. The second-order valence-corrected chi connectivity index (χ2v) is 2.99. The number of rotatable bonds is 0. The van der Waals surface area contributed by atoms with Gasteiger partial charge in [-0.25, -0.2) is 4.39 Å². The third-order valence-electron chi connectivity index (χ3n) is 1.94. The standard InChI is InChI=1S/C10H9FN2/c1-6-5-8(12)10-7(11)3-2-4-9(10)13-6/h2-5H,1H3,(H2,12,13). The molecule has 2 rings (SSSR count). The lowest BCUT2D eigenvalue weighted by Crippen LogP contribution is -1.93. The SMILES string of the molecule is Cc1cc(N)c2c(F)cccc2n1. The highest BCUT2D eigenvalue weighted by Crippen LogP contribution is 2.22. The van der Waals surface area contributed by atoms with Gasteiger partial charge in [-0.3, -0.25) is 4.98 Å². The third kappa shape index (κ3) is 1.22. The van der Waals surface area contributed by atoms with Crippen molar-refractivity contribution in [1.82, 2.24) is 4.98 Å². The van der Waals surface area contributed by atoms with Gasteiger partial charge in [-0.1, -0.05) is 6.07 Å². The molecule has 0 saturated heterocycles. The van der Waals surface area contributed by atoms with Crippen molar-refractivity contribution in [3.8, 4) is 0 Å². The zero-order valence-electron chi connectivity index (χ0n) is 7.21. The van der Waals surface area contributed by atoms with Crippen LogP contribution >= 0.6 is 0 Å². The first-order valence-corrected chi connectivity index (χ1v) is 4.00. The van der Waals surface area contributed by atoms with Crippen LogP contribution in [0.4, 0.5) is 10.1 Å². The number of hydrogen-bond donors (Lipinski definition) is 1. The van der Waals surface area contributed by atoms with E-state index in [4.69, 9.17) is 5.73 Å². The van der Waals surface area contributed by atoms with Gasteiger partial charge in [0.25, 0.3) is 0 Å². The predicted octanol–water partition coefficient (Wildman–Crippen LogP) is 2.26. The number of aryl methyl sites for hydroxylation is 1. The van der Waals surface area contributed by atoms with Crippen LogP contribution in [-0.2, 0) is 0 Å². The fourth-order valence-electron chi connectivity index (χ4n) is 1.41. The van der Waals surface area contributed by atoms with Crippen molar-refractivity contribution in [1.29, 1.82) is 0 Å². The number of halogens is 1. The molecule has 0 atom stereocenters. The van der Waals surface area contributed by atoms with Crippen LogP contribution in [0.1, 0.15) is 5.69 Å². The molecule has 1 aromatic heterocycles. The summed E-state index contributed by atoms with van der Waals surface area (Å²) >= 11 is 0. The number of hydrogen-bond acceptors (Lipinski definition) is 2. The van der Waals surface area contributed by atoms with Crippen LogP contribution < -0.4 is 5.73 Å². The molecule has 13 heavy (non-hydrogen) atoms. The van der Waals surface area contributed by atoms with E-state index >= 15 is 0 Å². The van der Waals surface area contributed by atoms with E-state index < -0.39 is 0 Å². The van der Waals surface area contributed by atoms with Gasteiger partial charge < -0.3 is 5.73 Å². The molecular weight excluding hydrogens is 167 g/mol. The molecule has 0 aliphatic carbocycles. The summed E-state index contributed by atoms with van der Waals surface area (Å²) in [6.07, 6.45) is 0. The van der Waals surface area contributed by atoms with Crippen LogP contribution in [0.2, 0.25) is 0 Å². The van der Waals surface area contributed by atoms with E-state index in [1.807, 2.05) is 6.92 Å². The minimum absolute atomic E-state index is 0.317. The smallest absolute Gasteiger partial charge is 0.134 e. The Labute approximate surface area is 75.2 Å². The first-order valence-electron chi connectivity index (χ1n) is 4.00. The predicted molar refractivity (Wildman–Crippen MR) is 50.9 cm³/mol. The van der Waals surface area contributed by atoms with Crippen molar-refractivity contribution in [2.75, 3.05) is 5.73 Å². The first-order chi connectivity index (χ1) is 6.18. The van der Waals surface area contributed by atoms with Crippen molar-refractivity contribution >= 4 is 16.6 Å². The Hall–Kier alpha value is -1.64. The zero-order valence-corrected chi connectivity index (χ0v) is 7.21. The highest BCUT2D eigenvalue weighted by molar-refractivity contribution is 5.90. The van der Waals surface area contributed by atoms with E-state index in [9.17, 15) is 4.39 Å². The summed E-state index contributed by atoms with van der Waals surface area (Å²) in [6.45, 7) is 1.83. The summed E-state index contributed by atoms with van der Waals surface area (Å²) in [5.41, 5.74) is 7.53. The van der Waals surface area contributed by atoms with Gasteiger partial charge in [0.15, 0.2) is 0 Å². The summed E-state index contributed by atoms with van der Waals surface area (Å²) in [5, 5.41) is 0.410. The van der Waals surface area contributed by atoms with Gasteiger partial charge in [0.1, 0.15) is 5.82 Å². The highest BCUT2D eigenvalue weighted by Gasteiger charge is 2.05. The molecule has 2 aromatic rings. The van der Waals surface area contributed by atoms with Crippen LogP contribution in [0, 0.1) is 12.7 Å². The fraction of sp³-hybridized carbons (Fsp3) is 0.100. The van der Waals surface area contributed by atoms with E-state index in [2.05, 4.69) is 4.98 Å². The lowest BCUT2D eigenvalue weighted by molar-refractivity contribution is 0.640. The number of benzene rings is 1. The van der Waals surface area contributed by atoms with Gasteiger partial charge in [-0.05, 0) is 25.1 Å². The van der Waals surface area contributed by atoms with Crippen molar-refractivity contribution in [2.24, 2.45) is 0 Å². The summed E-state index contributed by atoms with van der Waals surface area (Å²) in [5.74, 6) is -0.317. The van der Waals surface area contributed by atoms with E-state index in [0.717, 1.165) is 5.69 Å². The Morgan fingerprint density at radius 1 is 1.38 bits per heavy atom. The van der Waals surface area contributed by atoms with E-state index in [1.54, 1.807) is 18.2 Å². The largest absolute Gasteiger partial charge is 0.398 e. The summed E-state index contributed by atoms with van der Waals surface area (Å²) < 4.78 is 13.3. The molecule has 66 valence electrons. The Kier molecular flexibility index (Phi) is 1.65. The second-order valence-electron chi connectivity index (χ2n) is 2.99. The molecule has 3 heteroatoms. The van der Waals surface area contributed by atoms with E-state index in [-0.39, 0.29) is 5.82 Å². The lowest BCUT2D eigenvalue weighted by Gasteiger charge is -2.03. The summed E-state index contributed by atoms with van der Waals surface area (Å²) in [4.78, 5) is 4.18. The first kappa shape index (κ1) is 7.98. The van der Waals surface area contributed by atoms with Gasteiger partial charge in [-0.2, -0.15) is 0 Å². The van der Waals surface area contributed by atoms with Crippen LogP contribution in [0.25, 0.3) is 10.9 Å². The summed E-state index contributed by atoms with van der Waals surface area (Å²) in [7, 11) is 0. The maximum absolute atomic E-state index is 13.3. The van der Waals surface area contributed by atoms with Crippen LogP contribution in [0.15, 0.2) is 24.3 Å². The molecular formula is C10H9FN2. The Morgan fingerprint density at radius 2 is 2.15 bits per heavy atom. The Balaban J connectivity index is 2.94. The second kappa shape index (κ2) is 2.69. The number of nitrogen functional groups attached to an aromatic ring is 1. The molecule has 0 aliphatic rings. The summed E-state index contributed by atoms with van der Waals surface area (Å²) in [6, 6.07) is 6.44. The van der Waals surface area contributed by atoms with Crippen molar-refractivity contribution in [2.45, 2.75) is 6.92 Å². The van der Waals surface area contributed by atoms with Gasteiger partial charge >= 0.3 is 0 Å². The van der Waals surface area contributed by atoms with Crippen LogP contribution in [0.5, 0.6) is 0 Å². The van der Waals surface area contributed by atoms with Crippen molar-refractivity contribution < 1.29 is 4.39 Å². The quantitative estimate of drug-likeness (QED) is 0.668. The highest BCUT2D eigenvalue weighted by atomic mass is 19.1. The number of nitrogens with zero attached hydrogens (tertiary/aromatic N) is 1. The molecule has 0 fully saturated rings. The van der Waals surface area contributed by atoms with Crippen molar-refractivity contribution in [3.05, 3.63) is 35.8 Å². The average Bonchev–Trinajstić information content (AvgIpc) is 2.02. The maximum Gasteiger partial charge on any atom is 0.134 e. The number of anilines is 1.